The molecule has 12 heavy (non-hydrogen) atoms. The third-order valence-electron chi connectivity index (χ3n) is 1.49. The summed E-state index contributed by atoms with van der Waals surface area (Å²) < 4.78 is 23.6. The second-order valence-electron chi connectivity index (χ2n) is 2.46. The molecular weight excluding hydrogens is 170 g/mol. The molecule has 1 fully saturated rings. The summed E-state index contributed by atoms with van der Waals surface area (Å²) in [7, 11) is 0. The number of carbonyl (C=O) groups is 2. The van der Waals surface area contributed by atoms with E-state index in [9.17, 15) is 18.4 Å². The van der Waals surface area contributed by atoms with Gasteiger partial charge in [0.1, 0.15) is 6.04 Å². The van der Waals surface area contributed by atoms with Crippen LogP contribution in [0.4, 0.5) is 8.78 Å². The van der Waals surface area contributed by atoms with Crippen molar-refractivity contribution in [3.05, 3.63) is 0 Å². The maximum atomic E-state index is 11.8. The Kier molecular flexibility index (Phi) is 2.57. The minimum Gasteiger partial charge on any atom is -0.345 e. The summed E-state index contributed by atoms with van der Waals surface area (Å²) in [5.41, 5.74) is 0. The van der Waals surface area contributed by atoms with Gasteiger partial charge in [0.05, 0.1) is 6.54 Å². The first-order chi connectivity index (χ1) is 5.59. The zero-order chi connectivity index (χ0) is 9.14. The van der Waals surface area contributed by atoms with Crippen molar-refractivity contribution in [1.29, 1.82) is 0 Å². The second-order valence-corrected chi connectivity index (χ2v) is 2.46. The van der Waals surface area contributed by atoms with Gasteiger partial charge in [0.25, 0.3) is 0 Å². The predicted octanol–water partition coefficient (Wildman–Crippen LogP) is -0.744. The molecule has 0 aromatic heterocycles. The van der Waals surface area contributed by atoms with Gasteiger partial charge in [-0.15, -0.1) is 0 Å². The Bertz CT molecular complexity index is 208. The Morgan fingerprint density at radius 2 is 2.17 bits per heavy atom. The Hall–Kier alpha value is -1.20. The van der Waals surface area contributed by atoms with Crippen LogP contribution in [0.15, 0.2) is 0 Å². The van der Waals surface area contributed by atoms with Gasteiger partial charge in [-0.3, -0.25) is 9.59 Å². The Labute approximate surface area is 67.3 Å². The number of rotatable bonds is 2. The molecular formula is C6H8F2N2O2. The van der Waals surface area contributed by atoms with Crippen LogP contribution in [0.5, 0.6) is 0 Å². The lowest BCUT2D eigenvalue weighted by Crippen LogP contribution is -2.56. The van der Waals surface area contributed by atoms with Crippen molar-refractivity contribution in [3.8, 4) is 0 Å². The first-order valence-electron chi connectivity index (χ1n) is 3.45. The molecule has 4 nitrogen and oxygen atoms in total. The van der Waals surface area contributed by atoms with Crippen LogP contribution in [0.25, 0.3) is 0 Å². The molecule has 0 bridgehead atoms. The molecule has 1 atom stereocenters. The maximum absolute atomic E-state index is 11.8. The summed E-state index contributed by atoms with van der Waals surface area (Å²) >= 11 is 0. The maximum Gasteiger partial charge on any atom is 0.243 e. The van der Waals surface area contributed by atoms with Crippen LogP contribution in [-0.4, -0.2) is 30.8 Å². The first kappa shape index (κ1) is 8.89. The highest BCUT2D eigenvalue weighted by molar-refractivity contribution is 5.94. The van der Waals surface area contributed by atoms with Gasteiger partial charge >= 0.3 is 0 Å². The van der Waals surface area contributed by atoms with Gasteiger partial charge in [-0.25, -0.2) is 8.78 Å². The molecule has 6 heteroatoms. The van der Waals surface area contributed by atoms with E-state index >= 15 is 0 Å². The van der Waals surface area contributed by atoms with Crippen molar-refractivity contribution < 1.29 is 18.4 Å². The SMILES string of the molecule is O=C1CNC(=O)C(CC(F)F)N1. The van der Waals surface area contributed by atoms with Crippen LogP contribution in [0.1, 0.15) is 6.42 Å². The van der Waals surface area contributed by atoms with Gasteiger partial charge < -0.3 is 10.6 Å². The summed E-state index contributed by atoms with van der Waals surface area (Å²) in [5.74, 6) is -0.977. The van der Waals surface area contributed by atoms with Gasteiger partial charge in [-0.1, -0.05) is 0 Å². The Morgan fingerprint density at radius 3 is 2.75 bits per heavy atom. The van der Waals surface area contributed by atoms with Crippen LogP contribution in [0, 0.1) is 0 Å². The topological polar surface area (TPSA) is 58.2 Å². The quantitative estimate of drug-likeness (QED) is 0.585. The molecule has 1 rings (SSSR count). The van der Waals surface area contributed by atoms with Gasteiger partial charge in [0.15, 0.2) is 0 Å². The standard InChI is InChI=1S/C6H8F2N2O2/c7-4(8)1-3-6(12)9-2-5(11)10-3/h3-4H,1-2H2,(H,9,12)(H,10,11). The van der Waals surface area contributed by atoms with E-state index in [1.165, 1.54) is 0 Å². The summed E-state index contributed by atoms with van der Waals surface area (Å²) in [5, 5.41) is 4.37. The largest absolute Gasteiger partial charge is 0.345 e. The van der Waals surface area contributed by atoms with E-state index in [1.807, 2.05) is 0 Å². The van der Waals surface area contributed by atoms with E-state index in [4.69, 9.17) is 0 Å². The van der Waals surface area contributed by atoms with E-state index < -0.39 is 30.7 Å². The molecule has 2 N–H and O–H groups in total. The summed E-state index contributed by atoms with van der Waals surface area (Å²) in [6.45, 7) is -0.126. The van der Waals surface area contributed by atoms with Gasteiger partial charge in [0.2, 0.25) is 18.2 Å². The van der Waals surface area contributed by atoms with Crippen LogP contribution in [0.2, 0.25) is 0 Å². The molecule has 0 radical (unpaired) electrons. The third-order valence-corrected chi connectivity index (χ3v) is 1.49. The molecule has 0 saturated carbocycles. The lowest BCUT2D eigenvalue weighted by Gasteiger charge is -2.22. The number of amides is 2. The van der Waals surface area contributed by atoms with Crippen molar-refractivity contribution in [1.82, 2.24) is 10.6 Å². The number of hydrogen-bond acceptors (Lipinski definition) is 2. The normalized spacial score (nSPS) is 23.8. The number of alkyl halides is 2. The average Bonchev–Trinajstić information content (AvgIpc) is 1.96. The molecule has 0 aliphatic carbocycles. The smallest absolute Gasteiger partial charge is 0.243 e. The van der Waals surface area contributed by atoms with Crippen LogP contribution >= 0.6 is 0 Å². The lowest BCUT2D eigenvalue weighted by atomic mass is 10.1. The van der Waals surface area contributed by atoms with E-state index in [0.29, 0.717) is 0 Å². The van der Waals surface area contributed by atoms with E-state index in [-0.39, 0.29) is 6.54 Å². The molecule has 2 amide bonds. The van der Waals surface area contributed by atoms with Crippen molar-refractivity contribution >= 4 is 11.8 Å². The Morgan fingerprint density at radius 1 is 1.50 bits per heavy atom. The zero-order valence-corrected chi connectivity index (χ0v) is 6.14. The highest BCUT2D eigenvalue weighted by Gasteiger charge is 2.28. The zero-order valence-electron chi connectivity index (χ0n) is 6.14. The molecule has 0 aromatic carbocycles. The van der Waals surface area contributed by atoms with Crippen molar-refractivity contribution in [2.75, 3.05) is 6.54 Å². The minimum absolute atomic E-state index is 0.126. The highest BCUT2D eigenvalue weighted by atomic mass is 19.3. The number of halogens is 2. The molecule has 1 saturated heterocycles. The van der Waals surface area contributed by atoms with Crippen molar-refractivity contribution in [3.63, 3.8) is 0 Å². The van der Waals surface area contributed by atoms with Gasteiger partial charge in [-0.05, 0) is 0 Å². The lowest BCUT2D eigenvalue weighted by molar-refractivity contribution is -0.134. The molecule has 1 heterocycles. The molecule has 1 aliphatic heterocycles. The molecule has 1 aliphatic rings. The van der Waals surface area contributed by atoms with Crippen LogP contribution in [-0.2, 0) is 9.59 Å². The number of hydrogen-bond donors (Lipinski definition) is 2. The first-order valence-corrected chi connectivity index (χ1v) is 3.45. The molecule has 1 unspecified atom stereocenters. The fourth-order valence-electron chi connectivity index (χ4n) is 0.946. The number of piperazine rings is 1. The van der Waals surface area contributed by atoms with Gasteiger partial charge in [0, 0.05) is 6.42 Å². The Balaban J connectivity index is 2.49. The van der Waals surface area contributed by atoms with Crippen LogP contribution < -0.4 is 10.6 Å². The summed E-state index contributed by atoms with van der Waals surface area (Å²) in [4.78, 5) is 21.4. The monoisotopic (exact) mass is 178 g/mol. The van der Waals surface area contributed by atoms with Gasteiger partial charge in [-0.2, -0.15) is 0 Å². The molecule has 0 spiro atoms. The number of nitrogens with one attached hydrogen (secondary N) is 2. The predicted molar refractivity (Wildman–Crippen MR) is 35.6 cm³/mol. The van der Waals surface area contributed by atoms with Crippen molar-refractivity contribution in [2.24, 2.45) is 0 Å². The van der Waals surface area contributed by atoms with Crippen molar-refractivity contribution in [2.45, 2.75) is 18.9 Å². The second kappa shape index (κ2) is 3.46. The fourth-order valence-corrected chi connectivity index (χ4v) is 0.946. The van der Waals surface area contributed by atoms with E-state index in [0.717, 1.165) is 0 Å². The van der Waals surface area contributed by atoms with E-state index in [1.54, 1.807) is 0 Å². The minimum atomic E-state index is -2.58. The molecule has 0 aromatic rings. The summed E-state index contributed by atoms with van der Waals surface area (Å²) in [6.07, 6.45) is -3.21. The fraction of sp³-hybridized carbons (Fsp3) is 0.667. The average molecular weight is 178 g/mol. The summed E-state index contributed by atoms with van der Waals surface area (Å²) in [6, 6.07) is -1.08. The molecule has 68 valence electrons. The van der Waals surface area contributed by atoms with E-state index in [2.05, 4.69) is 10.6 Å². The third kappa shape index (κ3) is 2.14. The van der Waals surface area contributed by atoms with Crippen LogP contribution in [0.3, 0.4) is 0 Å². The highest BCUT2D eigenvalue weighted by Crippen LogP contribution is 2.05. The number of carbonyl (C=O) groups excluding carboxylic acids is 2.